The zero-order valence-corrected chi connectivity index (χ0v) is 11.3. The molecule has 18 heavy (non-hydrogen) atoms. The maximum atomic E-state index is 13.8. The van der Waals surface area contributed by atoms with Gasteiger partial charge in [0.2, 0.25) is 5.91 Å². The van der Waals surface area contributed by atoms with Crippen LogP contribution in [0.1, 0.15) is 32.8 Å². The minimum Gasteiger partial charge on any atom is -0.497 e. The molecule has 0 aliphatic rings. The number of hydrogen-bond acceptors (Lipinski definition) is 2. The Hall–Kier alpha value is -1.58. The summed E-state index contributed by atoms with van der Waals surface area (Å²) in [6, 6.07) is 4.64. The highest BCUT2D eigenvalue weighted by Gasteiger charge is 2.25. The second kappa shape index (κ2) is 5.85. The summed E-state index contributed by atoms with van der Waals surface area (Å²) in [5.41, 5.74) is 0.0574. The van der Waals surface area contributed by atoms with E-state index in [0.29, 0.717) is 24.3 Å². The Balaban J connectivity index is 2.92. The fraction of sp³-hybridized carbons (Fsp3) is 0.500. The van der Waals surface area contributed by atoms with E-state index in [4.69, 9.17) is 4.74 Å². The zero-order chi connectivity index (χ0) is 13.8. The van der Waals surface area contributed by atoms with Crippen LogP contribution in [-0.4, -0.2) is 19.6 Å². The van der Waals surface area contributed by atoms with Gasteiger partial charge in [0.25, 0.3) is 0 Å². The quantitative estimate of drug-likeness (QED) is 0.876. The molecule has 1 aromatic rings. The molecule has 0 fully saturated rings. The molecule has 3 nitrogen and oxygen atoms in total. The zero-order valence-electron chi connectivity index (χ0n) is 11.3. The third-order valence-electron chi connectivity index (χ3n) is 2.95. The largest absolute Gasteiger partial charge is 0.497 e. The molecule has 1 aromatic carbocycles. The van der Waals surface area contributed by atoms with Gasteiger partial charge in [0.05, 0.1) is 7.11 Å². The average molecular weight is 253 g/mol. The summed E-state index contributed by atoms with van der Waals surface area (Å²) in [5, 5.41) is 2.79. The Bertz CT molecular complexity index is 430. The lowest BCUT2D eigenvalue weighted by atomic mass is 9.84. The van der Waals surface area contributed by atoms with Crippen LogP contribution in [0, 0.1) is 5.82 Å². The summed E-state index contributed by atoms with van der Waals surface area (Å²) < 4.78 is 18.9. The van der Waals surface area contributed by atoms with E-state index in [1.807, 2.05) is 13.8 Å². The van der Waals surface area contributed by atoms with Crippen molar-refractivity contribution in [2.24, 2.45) is 0 Å². The van der Waals surface area contributed by atoms with Gasteiger partial charge in [0, 0.05) is 18.4 Å². The highest BCUT2D eigenvalue weighted by Crippen LogP contribution is 2.28. The fourth-order valence-corrected chi connectivity index (χ4v) is 1.69. The number of methoxy groups -OCH3 is 1. The summed E-state index contributed by atoms with van der Waals surface area (Å²) in [6.07, 6.45) is 0.427. The van der Waals surface area contributed by atoms with Crippen LogP contribution in [0.15, 0.2) is 18.2 Å². The highest BCUT2D eigenvalue weighted by molar-refractivity contribution is 5.75. The summed E-state index contributed by atoms with van der Waals surface area (Å²) in [5.74, 6) is 0.291. The van der Waals surface area contributed by atoms with Gasteiger partial charge in [0.1, 0.15) is 11.6 Å². The maximum absolute atomic E-state index is 13.8. The van der Waals surface area contributed by atoms with Crippen molar-refractivity contribution < 1.29 is 13.9 Å². The normalized spacial score (nSPS) is 11.2. The maximum Gasteiger partial charge on any atom is 0.219 e. The molecular formula is C14H20FNO2. The van der Waals surface area contributed by atoms with Gasteiger partial charge >= 0.3 is 0 Å². The SMILES string of the molecule is CCC(=O)NCC(C)(C)c1cc(OC)ccc1F. The van der Waals surface area contributed by atoms with Gasteiger partial charge in [-0.05, 0) is 23.8 Å². The van der Waals surface area contributed by atoms with E-state index < -0.39 is 5.41 Å². The number of halogens is 1. The van der Waals surface area contributed by atoms with Crippen LogP contribution >= 0.6 is 0 Å². The van der Waals surface area contributed by atoms with E-state index in [-0.39, 0.29) is 11.7 Å². The van der Waals surface area contributed by atoms with E-state index >= 15 is 0 Å². The molecule has 0 radical (unpaired) electrons. The van der Waals surface area contributed by atoms with E-state index in [1.165, 1.54) is 6.07 Å². The third kappa shape index (κ3) is 3.45. The molecule has 0 spiro atoms. The number of benzene rings is 1. The van der Waals surface area contributed by atoms with Gasteiger partial charge in [-0.3, -0.25) is 4.79 Å². The van der Waals surface area contributed by atoms with Gasteiger partial charge in [-0.1, -0.05) is 20.8 Å². The minimum atomic E-state index is -0.483. The third-order valence-corrected chi connectivity index (χ3v) is 2.95. The average Bonchev–Trinajstić information content (AvgIpc) is 2.36. The predicted molar refractivity (Wildman–Crippen MR) is 69.3 cm³/mol. The van der Waals surface area contributed by atoms with Crippen molar-refractivity contribution in [2.45, 2.75) is 32.6 Å². The lowest BCUT2D eigenvalue weighted by Gasteiger charge is -2.26. The molecule has 0 aliphatic heterocycles. The fourth-order valence-electron chi connectivity index (χ4n) is 1.69. The summed E-state index contributed by atoms with van der Waals surface area (Å²) in [6.45, 7) is 5.96. The molecule has 0 heterocycles. The predicted octanol–water partition coefficient (Wildman–Crippen LogP) is 2.64. The first-order valence-electron chi connectivity index (χ1n) is 6.01. The van der Waals surface area contributed by atoms with Crippen LogP contribution in [0.4, 0.5) is 4.39 Å². The second-order valence-corrected chi connectivity index (χ2v) is 4.86. The molecule has 0 saturated heterocycles. The van der Waals surface area contributed by atoms with Gasteiger partial charge in [-0.2, -0.15) is 0 Å². The van der Waals surface area contributed by atoms with Gasteiger partial charge in [-0.15, -0.1) is 0 Å². The van der Waals surface area contributed by atoms with Crippen molar-refractivity contribution in [2.75, 3.05) is 13.7 Å². The molecule has 0 aromatic heterocycles. The van der Waals surface area contributed by atoms with Crippen LogP contribution in [0.25, 0.3) is 0 Å². The smallest absolute Gasteiger partial charge is 0.219 e. The lowest BCUT2D eigenvalue weighted by Crippen LogP contribution is -2.36. The molecule has 100 valence electrons. The number of carbonyl (C=O) groups excluding carboxylic acids is 1. The van der Waals surface area contributed by atoms with E-state index in [0.717, 1.165) is 0 Å². The summed E-state index contributed by atoms with van der Waals surface area (Å²) in [7, 11) is 1.54. The highest BCUT2D eigenvalue weighted by atomic mass is 19.1. The van der Waals surface area contributed by atoms with E-state index in [1.54, 1.807) is 26.2 Å². The van der Waals surface area contributed by atoms with Crippen molar-refractivity contribution in [1.82, 2.24) is 5.32 Å². The Labute approximate surface area is 107 Å². The second-order valence-electron chi connectivity index (χ2n) is 4.86. The number of ether oxygens (including phenoxy) is 1. The Morgan fingerprint density at radius 3 is 2.67 bits per heavy atom. The standard InChI is InChI=1S/C14H20FNO2/c1-5-13(17)16-9-14(2,3)11-8-10(18-4)6-7-12(11)15/h6-8H,5,9H2,1-4H3,(H,16,17). The number of hydrogen-bond donors (Lipinski definition) is 1. The monoisotopic (exact) mass is 253 g/mol. The van der Waals surface area contributed by atoms with Crippen molar-refractivity contribution in [3.05, 3.63) is 29.6 Å². The topological polar surface area (TPSA) is 38.3 Å². The summed E-state index contributed by atoms with van der Waals surface area (Å²) >= 11 is 0. The van der Waals surface area contributed by atoms with Crippen molar-refractivity contribution in [1.29, 1.82) is 0 Å². The van der Waals surface area contributed by atoms with Crippen LogP contribution in [0.3, 0.4) is 0 Å². The van der Waals surface area contributed by atoms with Crippen molar-refractivity contribution in [3.63, 3.8) is 0 Å². The Morgan fingerprint density at radius 1 is 1.44 bits per heavy atom. The molecule has 0 saturated carbocycles. The van der Waals surface area contributed by atoms with Crippen LogP contribution in [0.5, 0.6) is 5.75 Å². The Morgan fingerprint density at radius 2 is 2.11 bits per heavy atom. The first-order valence-corrected chi connectivity index (χ1v) is 6.01. The van der Waals surface area contributed by atoms with Crippen molar-refractivity contribution >= 4 is 5.91 Å². The molecule has 1 rings (SSSR count). The van der Waals surface area contributed by atoms with Gasteiger partial charge in [0.15, 0.2) is 0 Å². The van der Waals surface area contributed by atoms with E-state index in [2.05, 4.69) is 5.32 Å². The number of amides is 1. The molecule has 1 N–H and O–H groups in total. The van der Waals surface area contributed by atoms with Crippen LogP contribution < -0.4 is 10.1 Å². The molecule has 4 heteroatoms. The lowest BCUT2D eigenvalue weighted by molar-refractivity contribution is -0.121. The van der Waals surface area contributed by atoms with Gasteiger partial charge in [-0.25, -0.2) is 4.39 Å². The molecule has 1 amide bonds. The Kier molecular flexibility index (Phi) is 4.70. The first kappa shape index (κ1) is 14.5. The van der Waals surface area contributed by atoms with E-state index in [9.17, 15) is 9.18 Å². The van der Waals surface area contributed by atoms with Crippen LogP contribution in [-0.2, 0) is 10.2 Å². The van der Waals surface area contributed by atoms with Crippen LogP contribution in [0.2, 0.25) is 0 Å². The van der Waals surface area contributed by atoms with Crippen molar-refractivity contribution in [3.8, 4) is 5.75 Å². The summed E-state index contributed by atoms with van der Waals surface area (Å²) in [4.78, 5) is 11.3. The molecule has 0 atom stereocenters. The number of nitrogens with one attached hydrogen (secondary N) is 1. The molecule has 0 unspecified atom stereocenters. The molecule has 0 bridgehead atoms. The number of carbonyl (C=O) groups is 1. The van der Waals surface area contributed by atoms with Gasteiger partial charge < -0.3 is 10.1 Å². The minimum absolute atomic E-state index is 0.0358. The molecular weight excluding hydrogens is 233 g/mol. The first-order chi connectivity index (χ1) is 8.40. The number of rotatable bonds is 5. The molecule has 0 aliphatic carbocycles.